The summed E-state index contributed by atoms with van der Waals surface area (Å²) >= 11 is 0. The lowest BCUT2D eigenvalue weighted by molar-refractivity contribution is -0.111. The lowest BCUT2D eigenvalue weighted by Gasteiger charge is -2.16. The molecule has 0 atom stereocenters. The highest BCUT2D eigenvalue weighted by Crippen LogP contribution is 2.16. The van der Waals surface area contributed by atoms with Crippen LogP contribution in [0.5, 0.6) is 0 Å². The average molecular weight is 219 g/mol. The van der Waals surface area contributed by atoms with Gasteiger partial charge in [-0.05, 0) is 32.4 Å². The van der Waals surface area contributed by atoms with Gasteiger partial charge >= 0.3 is 0 Å². The number of aldehydes is 1. The minimum atomic E-state index is -0.546. The third-order valence-electron chi connectivity index (χ3n) is 2.01. The number of nitrogens with zero attached hydrogens (tertiary/aromatic N) is 1. The van der Waals surface area contributed by atoms with E-state index in [1.807, 2.05) is 20.8 Å². The predicted octanol–water partition coefficient (Wildman–Crippen LogP) is 1.00. The molecule has 0 N–H and O–H groups in total. The maximum absolute atomic E-state index is 10.7. The van der Waals surface area contributed by atoms with Gasteiger partial charge in [-0.1, -0.05) is 12.1 Å². The van der Waals surface area contributed by atoms with Crippen molar-refractivity contribution < 1.29 is 9.53 Å². The molecule has 0 saturated heterocycles. The normalized spacial score (nSPS) is 10.2. The monoisotopic (exact) mass is 219 g/mol. The van der Waals surface area contributed by atoms with Gasteiger partial charge in [-0.15, -0.1) is 0 Å². The van der Waals surface area contributed by atoms with E-state index in [0.29, 0.717) is 11.3 Å². The Balaban J connectivity index is 0.000000487. The molecule has 1 rings (SSSR count). The van der Waals surface area contributed by atoms with Crippen molar-refractivity contribution >= 4 is 19.7 Å². The number of rotatable bonds is 3. The highest BCUT2D eigenvalue weighted by atomic mass is 16.5. The highest BCUT2D eigenvalue weighted by molar-refractivity contribution is 6.30. The van der Waals surface area contributed by atoms with Crippen molar-refractivity contribution in [2.45, 2.75) is 26.2 Å². The Kier molecular flexibility index (Phi) is 6.66. The van der Waals surface area contributed by atoms with Gasteiger partial charge in [0, 0.05) is 13.7 Å². The third-order valence-corrected chi connectivity index (χ3v) is 2.01. The fourth-order valence-corrected chi connectivity index (χ4v) is 0.871. The molecule has 0 fully saturated rings. The molecule has 16 heavy (non-hydrogen) atoms. The summed E-state index contributed by atoms with van der Waals surface area (Å²) in [5.41, 5.74) is 0.606. The lowest BCUT2D eigenvalue weighted by atomic mass is 9.89. The number of carbonyl (C=O) groups is 1. The lowest BCUT2D eigenvalue weighted by Crippen LogP contribution is -2.24. The molecule has 2 radical (unpaired) electrons. The van der Waals surface area contributed by atoms with Crippen LogP contribution in [0.15, 0.2) is 18.2 Å². The SMILES string of the molecule is CCOC.[B]c1cccc(C(C)(C)C=O)n1. The maximum atomic E-state index is 10.7. The Morgan fingerprint density at radius 2 is 2.06 bits per heavy atom. The zero-order chi connectivity index (χ0) is 12.6. The van der Waals surface area contributed by atoms with Crippen molar-refractivity contribution in [1.82, 2.24) is 4.98 Å². The Morgan fingerprint density at radius 3 is 2.44 bits per heavy atom. The van der Waals surface area contributed by atoms with E-state index in [0.717, 1.165) is 12.9 Å². The first-order chi connectivity index (χ1) is 7.47. The molecule has 0 bridgehead atoms. The van der Waals surface area contributed by atoms with Crippen molar-refractivity contribution in [1.29, 1.82) is 0 Å². The van der Waals surface area contributed by atoms with Gasteiger partial charge in [-0.2, -0.15) is 0 Å². The van der Waals surface area contributed by atoms with E-state index >= 15 is 0 Å². The number of hydrogen-bond acceptors (Lipinski definition) is 3. The van der Waals surface area contributed by atoms with Crippen molar-refractivity contribution in [3.63, 3.8) is 0 Å². The van der Waals surface area contributed by atoms with E-state index in [-0.39, 0.29) is 0 Å². The van der Waals surface area contributed by atoms with Crippen LogP contribution in [0.1, 0.15) is 26.5 Å². The van der Waals surface area contributed by atoms with Gasteiger partial charge in [-0.25, -0.2) is 0 Å². The van der Waals surface area contributed by atoms with Crippen molar-refractivity contribution in [3.05, 3.63) is 23.9 Å². The standard InChI is InChI=1S/C9H10BNO.C3H8O/c1-9(2,6-12)7-4-3-5-8(10)11-7;1-3-4-2/h3-6H,1-2H3;3H2,1-2H3. The molecular formula is C12H18BNO2. The fraction of sp³-hybridized carbons (Fsp3) is 0.500. The average Bonchev–Trinajstić information content (AvgIpc) is 2.29. The van der Waals surface area contributed by atoms with Gasteiger partial charge in [0.25, 0.3) is 0 Å². The first-order valence-corrected chi connectivity index (χ1v) is 5.16. The van der Waals surface area contributed by atoms with Gasteiger partial charge in [0.05, 0.1) is 11.1 Å². The van der Waals surface area contributed by atoms with Crippen LogP contribution in [0.3, 0.4) is 0 Å². The number of carbonyl (C=O) groups excluding carboxylic acids is 1. The summed E-state index contributed by atoms with van der Waals surface area (Å²) in [6.45, 7) is 6.39. The molecule has 0 saturated carbocycles. The molecule has 0 aromatic carbocycles. The van der Waals surface area contributed by atoms with Crippen LogP contribution in [0.25, 0.3) is 0 Å². The molecule has 0 aliphatic carbocycles. The topological polar surface area (TPSA) is 39.2 Å². The molecule has 0 spiro atoms. The van der Waals surface area contributed by atoms with Crippen molar-refractivity contribution in [2.24, 2.45) is 0 Å². The second-order valence-corrected chi connectivity index (χ2v) is 3.86. The van der Waals surface area contributed by atoms with E-state index < -0.39 is 5.41 Å². The van der Waals surface area contributed by atoms with Crippen LogP contribution >= 0.6 is 0 Å². The molecule has 1 aromatic rings. The number of hydrogen-bond donors (Lipinski definition) is 0. The molecule has 1 heterocycles. The molecule has 1 aromatic heterocycles. The number of methoxy groups -OCH3 is 1. The fourth-order valence-electron chi connectivity index (χ4n) is 0.871. The molecule has 0 aliphatic rings. The number of pyridine rings is 1. The molecule has 4 heteroatoms. The molecular weight excluding hydrogens is 201 g/mol. The molecule has 3 nitrogen and oxygen atoms in total. The van der Waals surface area contributed by atoms with Gasteiger partial charge in [0.1, 0.15) is 14.1 Å². The largest absolute Gasteiger partial charge is 0.385 e. The summed E-state index contributed by atoms with van der Waals surface area (Å²) in [5.74, 6) is 0. The van der Waals surface area contributed by atoms with Crippen LogP contribution < -0.4 is 5.59 Å². The summed E-state index contributed by atoms with van der Waals surface area (Å²) in [6.07, 6.45) is 0.870. The number of aromatic nitrogens is 1. The molecule has 0 unspecified atom stereocenters. The summed E-state index contributed by atoms with van der Waals surface area (Å²) in [6, 6.07) is 5.29. The zero-order valence-corrected chi connectivity index (χ0v) is 10.4. The van der Waals surface area contributed by atoms with Gasteiger partial charge < -0.3 is 9.53 Å². The molecule has 86 valence electrons. The first kappa shape index (κ1) is 14.8. The van der Waals surface area contributed by atoms with Gasteiger partial charge in [-0.3, -0.25) is 4.98 Å². The summed E-state index contributed by atoms with van der Waals surface area (Å²) < 4.78 is 4.54. The van der Waals surface area contributed by atoms with Gasteiger partial charge in [0.15, 0.2) is 0 Å². The Bertz CT molecular complexity index is 325. The van der Waals surface area contributed by atoms with Crippen LogP contribution in [-0.4, -0.2) is 32.8 Å². The van der Waals surface area contributed by atoms with Crippen LogP contribution in [-0.2, 0) is 14.9 Å². The molecule has 0 aliphatic heterocycles. The summed E-state index contributed by atoms with van der Waals surface area (Å²) in [7, 11) is 7.16. The third kappa shape index (κ3) is 5.07. The van der Waals surface area contributed by atoms with Crippen molar-refractivity contribution in [3.8, 4) is 0 Å². The minimum absolute atomic E-state index is 0.447. The van der Waals surface area contributed by atoms with Crippen molar-refractivity contribution in [2.75, 3.05) is 13.7 Å². The summed E-state index contributed by atoms with van der Waals surface area (Å²) in [4.78, 5) is 14.7. The van der Waals surface area contributed by atoms with Crippen LogP contribution in [0.2, 0.25) is 0 Å². The second-order valence-electron chi connectivity index (χ2n) is 3.86. The smallest absolute Gasteiger partial charge is 0.141 e. The Labute approximate surface area is 98.6 Å². The summed E-state index contributed by atoms with van der Waals surface area (Å²) in [5, 5.41) is 0. The first-order valence-electron chi connectivity index (χ1n) is 5.16. The highest BCUT2D eigenvalue weighted by Gasteiger charge is 2.20. The maximum Gasteiger partial charge on any atom is 0.141 e. The number of ether oxygens (including phenoxy) is 1. The van der Waals surface area contributed by atoms with E-state index in [9.17, 15) is 4.79 Å². The van der Waals surface area contributed by atoms with E-state index in [1.54, 1.807) is 25.3 Å². The van der Waals surface area contributed by atoms with Crippen LogP contribution in [0.4, 0.5) is 0 Å². The van der Waals surface area contributed by atoms with Crippen LogP contribution in [0, 0.1) is 0 Å². The van der Waals surface area contributed by atoms with E-state index in [1.165, 1.54) is 0 Å². The predicted molar refractivity (Wildman–Crippen MR) is 66.3 cm³/mol. The van der Waals surface area contributed by atoms with E-state index in [2.05, 4.69) is 9.72 Å². The molecule has 0 amide bonds. The minimum Gasteiger partial charge on any atom is -0.385 e. The Hall–Kier alpha value is -1.16. The van der Waals surface area contributed by atoms with Gasteiger partial charge in [0.2, 0.25) is 0 Å². The Morgan fingerprint density at radius 1 is 1.50 bits per heavy atom. The zero-order valence-electron chi connectivity index (χ0n) is 10.4. The van der Waals surface area contributed by atoms with E-state index in [4.69, 9.17) is 7.85 Å². The quantitative estimate of drug-likeness (QED) is 0.562. The second kappa shape index (κ2) is 7.17.